The van der Waals surface area contributed by atoms with Crippen LogP contribution in [0, 0.1) is 5.92 Å². The molecular formula is C26H41N3. The largest absolute Gasteiger partial charge is 0.303 e. The summed E-state index contributed by atoms with van der Waals surface area (Å²) in [7, 11) is 0. The third kappa shape index (κ3) is 4.57. The van der Waals surface area contributed by atoms with Gasteiger partial charge in [0.15, 0.2) is 0 Å². The summed E-state index contributed by atoms with van der Waals surface area (Å²) in [5, 5.41) is 0. The first kappa shape index (κ1) is 20.0. The molecule has 4 fully saturated rings. The van der Waals surface area contributed by atoms with Gasteiger partial charge in [-0.15, -0.1) is 0 Å². The molecule has 1 aromatic rings. The monoisotopic (exact) mass is 395 g/mol. The van der Waals surface area contributed by atoms with E-state index in [-0.39, 0.29) is 0 Å². The van der Waals surface area contributed by atoms with Gasteiger partial charge >= 0.3 is 0 Å². The van der Waals surface area contributed by atoms with Crippen molar-refractivity contribution in [2.24, 2.45) is 5.92 Å². The lowest BCUT2D eigenvalue weighted by atomic mass is 9.78. The predicted octanol–water partition coefficient (Wildman–Crippen LogP) is 4.42. The minimum Gasteiger partial charge on any atom is -0.303 e. The fourth-order valence-corrected chi connectivity index (χ4v) is 7.02. The van der Waals surface area contributed by atoms with E-state index in [0.29, 0.717) is 0 Å². The van der Waals surface area contributed by atoms with Crippen LogP contribution in [0.2, 0.25) is 0 Å². The van der Waals surface area contributed by atoms with Crippen LogP contribution in [0.5, 0.6) is 0 Å². The predicted molar refractivity (Wildman–Crippen MR) is 121 cm³/mol. The summed E-state index contributed by atoms with van der Waals surface area (Å²) >= 11 is 0. The molecule has 1 aliphatic carbocycles. The van der Waals surface area contributed by atoms with Gasteiger partial charge in [-0.1, -0.05) is 49.6 Å². The van der Waals surface area contributed by atoms with Gasteiger partial charge in [-0.3, -0.25) is 9.80 Å². The van der Waals surface area contributed by atoms with E-state index in [1.54, 1.807) is 0 Å². The quantitative estimate of drug-likeness (QED) is 0.731. The Kier molecular flexibility index (Phi) is 6.56. The molecule has 2 atom stereocenters. The average Bonchev–Trinajstić information content (AvgIpc) is 3.28. The molecule has 29 heavy (non-hydrogen) atoms. The van der Waals surface area contributed by atoms with E-state index in [2.05, 4.69) is 45.0 Å². The summed E-state index contributed by atoms with van der Waals surface area (Å²) in [6.45, 7) is 7.90. The number of piperidine rings is 1. The maximum absolute atomic E-state index is 3.05. The highest BCUT2D eigenvalue weighted by atomic mass is 15.3. The summed E-state index contributed by atoms with van der Waals surface area (Å²) in [6, 6.07) is 13.6. The molecule has 4 aliphatic rings. The highest BCUT2D eigenvalue weighted by Crippen LogP contribution is 2.39. The second-order valence-corrected chi connectivity index (χ2v) is 10.2. The fourth-order valence-electron chi connectivity index (χ4n) is 7.02. The second-order valence-electron chi connectivity index (χ2n) is 10.2. The Labute approximate surface area is 178 Å². The highest BCUT2D eigenvalue weighted by Gasteiger charge is 2.45. The summed E-state index contributed by atoms with van der Waals surface area (Å²) < 4.78 is 0. The molecule has 3 saturated heterocycles. The fraction of sp³-hybridized carbons (Fsp3) is 0.769. The van der Waals surface area contributed by atoms with E-state index in [1.165, 1.54) is 109 Å². The maximum atomic E-state index is 3.05. The number of fused-ring (bicyclic) bond motifs is 1. The molecule has 3 heterocycles. The van der Waals surface area contributed by atoms with E-state index in [4.69, 9.17) is 0 Å². The van der Waals surface area contributed by atoms with Gasteiger partial charge in [0.25, 0.3) is 0 Å². The summed E-state index contributed by atoms with van der Waals surface area (Å²) in [5.41, 5.74) is 1.49. The normalized spacial score (nSPS) is 31.2. The Morgan fingerprint density at radius 1 is 0.724 bits per heavy atom. The van der Waals surface area contributed by atoms with Crippen molar-refractivity contribution >= 4 is 0 Å². The topological polar surface area (TPSA) is 9.72 Å². The average molecular weight is 396 g/mol. The van der Waals surface area contributed by atoms with Crippen LogP contribution < -0.4 is 0 Å². The third-order valence-electron chi connectivity index (χ3n) is 8.56. The SMILES string of the molecule is c1ccc(CCN2CCC(N3CCN4CCCC4C3C3CCCCC3)CC2)cc1. The molecule has 2 unspecified atom stereocenters. The molecule has 160 valence electrons. The Morgan fingerprint density at radius 2 is 1.52 bits per heavy atom. The number of hydrogen-bond acceptors (Lipinski definition) is 3. The van der Waals surface area contributed by atoms with Crippen molar-refractivity contribution < 1.29 is 0 Å². The van der Waals surface area contributed by atoms with Crippen LogP contribution in [0.4, 0.5) is 0 Å². The molecule has 5 rings (SSSR count). The summed E-state index contributed by atoms with van der Waals surface area (Å²) in [4.78, 5) is 8.65. The molecule has 1 aromatic carbocycles. The molecule has 0 radical (unpaired) electrons. The van der Waals surface area contributed by atoms with Crippen LogP contribution >= 0.6 is 0 Å². The lowest BCUT2D eigenvalue weighted by molar-refractivity contribution is -0.0387. The number of likely N-dealkylation sites (tertiary alicyclic amines) is 1. The van der Waals surface area contributed by atoms with Crippen molar-refractivity contribution in [1.82, 2.24) is 14.7 Å². The van der Waals surface area contributed by atoms with Gasteiger partial charge < -0.3 is 4.90 Å². The van der Waals surface area contributed by atoms with E-state index in [9.17, 15) is 0 Å². The van der Waals surface area contributed by atoms with Gasteiger partial charge in [0.2, 0.25) is 0 Å². The van der Waals surface area contributed by atoms with Crippen LogP contribution in [0.1, 0.15) is 63.4 Å². The molecule has 0 amide bonds. The molecule has 3 heteroatoms. The summed E-state index contributed by atoms with van der Waals surface area (Å²) in [6.07, 6.45) is 14.4. The van der Waals surface area contributed by atoms with Gasteiger partial charge in [-0.25, -0.2) is 0 Å². The van der Waals surface area contributed by atoms with Crippen LogP contribution in [0.3, 0.4) is 0 Å². The first-order valence-corrected chi connectivity index (χ1v) is 12.6. The minimum absolute atomic E-state index is 0.845. The minimum atomic E-state index is 0.845. The molecule has 0 N–H and O–H groups in total. The van der Waals surface area contributed by atoms with Crippen molar-refractivity contribution in [2.45, 2.75) is 82.3 Å². The zero-order valence-electron chi connectivity index (χ0n) is 18.4. The lowest BCUT2D eigenvalue weighted by Crippen LogP contribution is -2.63. The smallest absolute Gasteiger partial charge is 0.0283 e. The van der Waals surface area contributed by atoms with Crippen LogP contribution in [0.15, 0.2) is 30.3 Å². The van der Waals surface area contributed by atoms with Crippen molar-refractivity contribution in [3.8, 4) is 0 Å². The molecule has 0 spiro atoms. The second kappa shape index (κ2) is 9.49. The number of benzene rings is 1. The van der Waals surface area contributed by atoms with Crippen molar-refractivity contribution in [2.75, 3.05) is 39.3 Å². The highest BCUT2D eigenvalue weighted by molar-refractivity contribution is 5.15. The number of nitrogens with zero attached hydrogens (tertiary/aromatic N) is 3. The molecule has 0 aromatic heterocycles. The van der Waals surface area contributed by atoms with Crippen LogP contribution in [-0.2, 0) is 6.42 Å². The van der Waals surface area contributed by atoms with E-state index >= 15 is 0 Å². The van der Waals surface area contributed by atoms with E-state index in [1.807, 2.05) is 0 Å². The molecule has 0 bridgehead atoms. The van der Waals surface area contributed by atoms with Crippen molar-refractivity contribution in [3.05, 3.63) is 35.9 Å². The zero-order chi connectivity index (χ0) is 19.5. The van der Waals surface area contributed by atoms with E-state index in [0.717, 1.165) is 24.0 Å². The first-order valence-electron chi connectivity index (χ1n) is 12.6. The first-order chi connectivity index (χ1) is 14.4. The third-order valence-corrected chi connectivity index (χ3v) is 8.56. The molecule has 3 aliphatic heterocycles. The standard InChI is InChI=1S/C26H41N3/c1-3-8-22(9-4-1)13-17-27-18-14-24(15-19-27)29-21-20-28-16-7-12-25(28)26(29)23-10-5-2-6-11-23/h1,3-4,8-9,23-26H,2,5-7,10-21H2. The Morgan fingerprint density at radius 3 is 2.31 bits per heavy atom. The molecule has 1 saturated carbocycles. The van der Waals surface area contributed by atoms with Gasteiger partial charge in [-0.05, 0) is 76.1 Å². The van der Waals surface area contributed by atoms with Crippen LogP contribution in [0.25, 0.3) is 0 Å². The van der Waals surface area contributed by atoms with Gasteiger partial charge in [-0.2, -0.15) is 0 Å². The lowest BCUT2D eigenvalue weighted by Gasteiger charge is -2.53. The van der Waals surface area contributed by atoms with Gasteiger partial charge in [0.05, 0.1) is 0 Å². The maximum Gasteiger partial charge on any atom is 0.0283 e. The number of rotatable bonds is 5. The Balaban J connectivity index is 1.19. The van der Waals surface area contributed by atoms with Crippen LogP contribution in [-0.4, -0.2) is 72.1 Å². The summed E-state index contributed by atoms with van der Waals surface area (Å²) in [5.74, 6) is 0.978. The van der Waals surface area contributed by atoms with Crippen molar-refractivity contribution in [1.29, 1.82) is 0 Å². The van der Waals surface area contributed by atoms with Crippen molar-refractivity contribution in [3.63, 3.8) is 0 Å². The Bertz CT molecular complexity index is 618. The van der Waals surface area contributed by atoms with Gasteiger partial charge in [0, 0.05) is 37.8 Å². The Hall–Kier alpha value is -0.900. The number of piperazine rings is 1. The van der Waals surface area contributed by atoms with E-state index < -0.39 is 0 Å². The molecular weight excluding hydrogens is 354 g/mol. The zero-order valence-corrected chi connectivity index (χ0v) is 18.4. The molecule has 3 nitrogen and oxygen atoms in total. The number of hydrogen-bond donors (Lipinski definition) is 0. The van der Waals surface area contributed by atoms with Gasteiger partial charge in [0.1, 0.15) is 0 Å².